The van der Waals surface area contributed by atoms with Crippen LogP contribution in [-0.4, -0.2) is 40.9 Å². The van der Waals surface area contributed by atoms with Gasteiger partial charge in [-0.15, -0.1) is 10.2 Å². The second kappa shape index (κ2) is 8.18. The first-order chi connectivity index (χ1) is 15.2. The number of nitrogens with zero attached hydrogens (tertiary/aromatic N) is 3. The molecule has 1 aromatic carbocycles. The summed E-state index contributed by atoms with van der Waals surface area (Å²) in [4.78, 5) is 26.3. The van der Waals surface area contributed by atoms with E-state index in [9.17, 15) is 18.4 Å². The van der Waals surface area contributed by atoms with E-state index in [2.05, 4.69) is 10.2 Å². The minimum absolute atomic E-state index is 0.0588. The van der Waals surface area contributed by atoms with Crippen LogP contribution in [-0.2, 0) is 17.7 Å². The van der Waals surface area contributed by atoms with Gasteiger partial charge in [-0.25, -0.2) is 8.78 Å². The number of halogens is 2. The molecule has 0 spiro atoms. The number of aromatic nitrogens is 3. The van der Waals surface area contributed by atoms with Crippen LogP contribution in [0.15, 0.2) is 29.2 Å². The van der Waals surface area contributed by atoms with E-state index in [0.717, 1.165) is 17.4 Å². The van der Waals surface area contributed by atoms with Crippen LogP contribution in [0.3, 0.4) is 0 Å². The van der Waals surface area contributed by atoms with E-state index in [0.29, 0.717) is 16.6 Å². The minimum atomic E-state index is -0.828. The lowest BCUT2D eigenvalue weighted by Gasteiger charge is -2.38. The Morgan fingerprint density at radius 3 is 2.62 bits per heavy atom. The summed E-state index contributed by atoms with van der Waals surface area (Å²) >= 11 is 1.12. The fourth-order valence-corrected chi connectivity index (χ4v) is 4.72. The summed E-state index contributed by atoms with van der Waals surface area (Å²) in [6.07, 6.45) is 1.27. The molecule has 0 saturated heterocycles. The largest absolute Gasteiger partial charge is 0.491 e. The van der Waals surface area contributed by atoms with Gasteiger partial charge in [0.25, 0.3) is 0 Å². The Morgan fingerprint density at radius 2 is 1.97 bits per heavy atom. The highest BCUT2D eigenvalue weighted by molar-refractivity contribution is 7.14. The van der Waals surface area contributed by atoms with Crippen molar-refractivity contribution < 1.29 is 23.0 Å². The SMILES string of the molecule is COc1c2n(cc(-c3nnc(Cc4ccc(F)cc4F)s3)c1=O)CC(OC)C(C)(C)C2=O. The second-order valence-corrected chi connectivity index (χ2v) is 9.16. The van der Waals surface area contributed by atoms with Gasteiger partial charge in [0.2, 0.25) is 5.43 Å². The Labute approximate surface area is 186 Å². The van der Waals surface area contributed by atoms with Crippen LogP contribution in [0.2, 0.25) is 0 Å². The molecule has 0 saturated carbocycles. The molecule has 0 amide bonds. The molecule has 3 aromatic rings. The van der Waals surface area contributed by atoms with E-state index in [1.54, 1.807) is 24.6 Å². The van der Waals surface area contributed by atoms with Gasteiger partial charge in [-0.2, -0.15) is 0 Å². The molecule has 0 N–H and O–H groups in total. The van der Waals surface area contributed by atoms with E-state index in [1.165, 1.54) is 26.4 Å². The van der Waals surface area contributed by atoms with Crippen LogP contribution in [0.5, 0.6) is 5.75 Å². The maximum Gasteiger partial charge on any atom is 0.234 e. The van der Waals surface area contributed by atoms with Crippen molar-refractivity contribution in [2.75, 3.05) is 14.2 Å². The van der Waals surface area contributed by atoms with Crippen molar-refractivity contribution in [2.24, 2.45) is 5.41 Å². The summed E-state index contributed by atoms with van der Waals surface area (Å²) < 4.78 is 39.7. The van der Waals surface area contributed by atoms with Gasteiger partial charge in [0.15, 0.2) is 16.5 Å². The lowest BCUT2D eigenvalue weighted by atomic mass is 9.77. The Morgan fingerprint density at radius 1 is 1.22 bits per heavy atom. The predicted octanol–water partition coefficient (Wildman–Crippen LogP) is 3.48. The molecule has 0 aliphatic carbocycles. The van der Waals surface area contributed by atoms with Crippen LogP contribution in [0.25, 0.3) is 10.6 Å². The molecule has 3 heterocycles. The quantitative estimate of drug-likeness (QED) is 0.579. The molecule has 7 nitrogen and oxygen atoms in total. The van der Waals surface area contributed by atoms with E-state index < -0.39 is 28.6 Å². The maximum absolute atomic E-state index is 14.0. The maximum atomic E-state index is 14.0. The molecule has 0 bridgehead atoms. The Balaban J connectivity index is 1.76. The summed E-state index contributed by atoms with van der Waals surface area (Å²) in [6, 6.07) is 3.33. The molecule has 168 valence electrons. The van der Waals surface area contributed by atoms with Crippen LogP contribution < -0.4 is 10.2 Å². The molecular weight excluding hydrogens is 440 g/mol. The number of rotatable bonds is 5. The topological polar surface area (TPSA) is 83.3 Å². The Hall–Kier alpha value is -2.98. The third-order valence-corrected chi connectivity index (χ3v) is 6.71. The molecule has 1 aliphatic heterocycles. The van der Waals surface area contributed by atoms with Crippen molar-refractivity contribution in [3.05, 3.63) is 62.5 Å². The van der Waals surface area contributed by atoms with Crippen molar-refractivity contribution in [1.82, 2.24) is 14.8 Å². The number of methoxy groups -OCH3 is 2. The minimum Gasteiger partial charge on any atom is -0.491 e. The van der Waals surface area contributed by atoms with Crippen LogP contribution >= 0.6 is 11.3 Å². The Kier molecular flexibility index (Phi) is 5.68. The highest BCUT2D eigenvalue weighted by atomic mass is 32.1. The van der Waals surface area contributed by atoms with Crippen molar-refractivity contribution >= 4 is 17.1 Å². The van der Waals surface area contributed by atoms with Crippen molar-refractivity contribution in [3.8, 4) is 16.3 Å². The highest BCUT2D eigenvalue weighted by Gasteiger charge is 2.45. The highest BCUT2D eigenvalue weighted by Crippen LogP contribution is 2.37. The standard InChI is InChI=1S/C22H21F2N3O4S/c1-22(2)15(30-3)10-27-9-13(18(28)19(31-4)17(27)20(22)29)21-26-25-16(32-21)7-11-5-6-12(23)8-14(11)24/h5-6,8-9,15H,7,10H2,1-4H3. The number of fused-ring (bicyclic) bond motifs is 1. The van der Waals surface area contributed by atoms with E-state index in [1.807, 2.05) is 0 Å². The first-order valence-corrected chi connectivity index (χ1v) is 10.6. The number of Topliss-reactive ketones (excluding diaryl/α,β-unsaturated/α-hetero) is 1. The monoisotopic (exact) mass is 461 g/mol. The zero-order chi connectivity index (χ0) is 23.2. The molecule has 10 heteroatoms. The van der Waals surface area contributed by atoms with Crippen molar-refractivity contribution in [2.45, 2.75) is 32.9 Å². The number of pyridine rings is 1. The fourth-order valence-electron chi connectivity index (χ4n) is 3.85. The first-order valence-electron chi connectivity index (χ1n) is 9.83. The molecule has 1 atom stereocenters. The van der Waals surface area contributed by atoms with E-state index in [-0.39, 0.29) is 34.8 Å². The Bertz CT molecular complexity index is 1270. The normalized spacial score (nSPS) is 17.3. The average Bonchev–Trinajstić information content (AvgIpc) is 3.21. The van der Waals surface area contributed by atoms with Crippen LogP contribution in [0, 0.1) is 17.0 Å². The van der Waals surface area contributed by atoms with E-state index >= 15 is 0 Å². The zero-order valence-corrected chi connectivity index (χ0v) is 18.8. The van der Waals surface area contributed by atoms with E-state index in [4.69, 9.17) is 9.47 Å². The molecular formula is C22H21F2N3O4S. The molecule has 32 heavy (non-hydrogen) atoms. The van der Waals surface area contributed by atoms with Gasteiger partial charge in [-0.3, -0.25) is 9.59 Å². The third-order valence-electron chi connectivity index (χ3n) is 5.75. The summed E-state index contributed by atoms with van der Waals surface area (Å²) in [5, 5.41) is 8.91. The second-order valence-electron chi connectivity index (χ2n) is 8.09. The number of carbonyl (C=O) groups excluding carboxylic acids is 1. The van der Waals surface area contributed by atoms with Gasteiger partial charge in [0.05, 0.1) is 30.7 Å². The summed E-state index contributed by atoms with van der Waals surface area (Å²) in [7, 11) is 2.88. The van der Waals surface area contributed by atoms with Gasteiger partial charge in [0.1, 0.15) is 22.3 Å². The molecule has 0 radical (unpaired) electrons. The average molecular weight is 461 g/mol. The summed E-state index contributed by atoms with van der Waals surface area (Å²) in [6.45, 7) is 3.90. The lowest BCUT2D eigenvalue weighted by Crippen LogP contribution is -2.47. The number of carbonyl (C=O) groups is 1. The molecule has 1 unspecified atom stereocenters. The summed E-state index contributed by atoms with van der Waals surface area (Å²) in [5.74, 6) is -1.65. The molecule has 4 rings (SSSR count). The fraction of sp³-hybridized carbons (Fsp3) is 0.364. The number of hydrogen-bond acceptors (Lipinski definition) is 7. The zero-order valence-electron chi connectivity index (χ0n) is 17.9. The van der Waals surface area contributed by atoms with Crippen LogP contribution in [0.4, 0.5) is 8.78 Å². The third kappa shape index (κ3) is 3.63. The number of benzene rings is 1. The van der Waals surface area contributed by atoms with Gasteiger partial charge in [-0.05, 0) is 25.5 Å². The number of ketones is 1. The molecule has 0 fully saturated rings. The van der Waals surface area contributed by atoms with Gasteiger partial charge < -0.3 is 14.0 Å². The lowest BCUT2D eigenvalue weighted by molar-refractivity contribution is -0.00720. The summed E-state index contributed by atoms with van der Waals surface area (Å²) in [5.41, 5.74) is -0.626. The molecule has 1 aliphatic rings. The van der Waals surface area contributed by atoms with Crippen molar-refractivity contribution in [3.63, 3.8) is 0 Å². The van der Waals surface area contributed by atoms with Gasteiger partial charge in [0, 0.05) is 25.8 Å². The van der Waals surface area contributed by atoms with Crippen molar-refractivity contribution in [1.29, 1.82) is 0 Å². The number of hydrogen-bond donors (Lipinski definition) is 0. The first kappa shape index (κ1) is 22.2. The van der Waals surface area contributed by atoms with Gasteiger partial charge >= 0.3 is 0 Å². The predicted molar refractivity (Wildman–Crippen MR) is 114 cm³/mol. The van der Waals surface area contributed by atoms with Gasteiger partial charge in [-0.1, -0.05) is 17.4 Å². The van der Waals surface area contributed by atoms with Crippen LogP contribution in [0.1, 0.15) is 34.9 Å². The molecule has 2 aromatic heterocycles. The number of ether oxygens (including phenoxy) is 2. The smallest absolute Gasteiger partial charge is 0.234 e.